The molecule has 6 nitrogen and oxygen atoms in total. The molecule has 18 heavy (non-hydrogen) atoms. The van der Waals surface area contributed by atoms with Crippen LogP contribution in [0.2, 0.25) is 0 Å². The van der Waals surface area contributed by atoms with Crippen LogP contribution < -0.4 is 4.94 Å². The van der Waals surface area contributed by atoms with E-state index in [-0.39, 0.29) is 10.6 Å². The predicted octanol–water partition coefficient (Wildman–Crippen LogP) is 2.21. The van der Waals surface area contributed by atoms with E-state index in [4.69, 9.17) is 14.0 Å². The quantitative estimate of drug-likeness (QED) is 0.761. The minimum atomic E-state index is -1.16. The minimum Gasteiger partial charge on any atom is -0.476 e. The summed E-state index contributed by atoms with van der Waals surface area (Å²) in [6.45, 7) is 0. The van der Waals surface area contributed by atoms with Crippen molar-refractivity contribution in [3.63, 3.8) is 0 Å². The van der Waals surface area contributed by atoms with Gasteiger partial charge in [0.25, 0.3) is 0 Å². The molecule has 1 aromatic carbocycles. The molecular weight excluding hydrogens is 258 g/mol. The van der Waals surface area contributed by atoms with Crippen molar-refractivity contribution >= 4 is 27.6 Å². The number of hydrogen-bond donors (Lipinski definition) is 1. The molecule has 0 saturated carbocycles. The highest BCUT2D eigenvalue weighted by molar-refractivity contribution is 7.16. The van der Waals surface area contributed by atoms with Gasteiger partial charge in [-0.25, -0.2) is 9.59 Å². The molecule has 0 amide bonds. The van der Waals surface area contributed by atoms with Crippen molar-refractivity contribution in [3.05, 3.63) is 39.7 Å². The number of carboxylic acid groups (broad SMARTS) is 1. The zero-order valence-corrected chi connectivity index (χ0v) is 9.56. The molecule has 0 aliphatic heterocycles. The molecule has 0 radical (unpaired) electrons. The second kappa shape index (κ2) is 3.81. The fraction of sp³-hybridized carbons (Fsp3) is 0. The highest BCUT2D eigenvalue weighted by Crippen LogP contribution is 2.26. The Balaban J connectivity index is 2.12. The standard InChI is InChI=1S/C11H5NO5S/c13-10(14)6-4-7(17-12-6)5-1-2-9-8(3-5)16-11(15)18-9/h1-4H,(H,13,14). The topological polar surface area (TPSA) is 93.5 Å². The first-order valence-electron chi connectivity index (χ1n) is 4.87. The van der Waals surface area contributed by atoms with Gasteiger partial charge in [0.1, 0.15) is 5.58 Å². The summed E-state index contributed by atoms with van der Waals surface area (Å²) < 4.78 is 10.6. The van der Waals surface area contributed by atoms with Gasteiger partial charge >= 0.3 is 10.9 Å². The molecule has 90 valence electrons. The molecule has 0 aliphatic carbocycles. The Labute approximate surface area is 103 Å². The van der Waals surface area contributed by atoms with Crippen LogP contribution in [0.5, 0.6) is 0 Å². The lowest BCUT2D eigenvalue weighted by molar-refractivity contribution is 0.0686. The third-order valence-corrected chi connectivity index (χ3v) is 3.15. The predicted molar refractivity (Wildman–Crippen MR) is 62.8 cm³/mol. The first kappa shape index (κ1) is 10.7. The van der Waals surface area contributed by atoms with E-state index in [0.29, 0.717) is 16.9 Å². The van der Waals surface area contributed by atoms with E-state index >= 15 is 0 Å². The third-order valence-electron chi connectivity index (χ3n) is 2.34. The smallest absolute Gasteiger partial charge is 0.396 e. The summed E-state index contributed by atoms with van der Waals surface area (Å²) in [6.07, 6.45) is 0. The van der Waals surface area contributed by atoms with Gasteiger partial charge < -0.3 is 14.0 Å². The van der Waals surface area contributed by atoms with Gasteiger partial charge in [-0.3, -0.25) is 0 Å². The summed E-state index contributed by atoms with van der Waals surface area (Å²) in [6, 6.07) is 6.34. The first-order chi connectivity index (χ1) is 8.63. The molecule has 0 unspecified atom stereocenters. The Morgan fingerprint density at radius 3 is 2.89 bits per heavy atom. The number of nitrogens with zero attached hydrogens (tertiary/aromatic N) is 1. The van der Waals surface area contributed by atoms with Crippen LogP contribution in [0.15, 0.2) is 38.0 Å². The molecule has 0 fully saturated rings. The lowest BCUT2D eigenvalue weighted by atomic mass is 10.1. The van der Waals surface area contributed by atoms with E-state index in [9.17, 15) is 9.59 Å². The number of fused-ring (bicyclic) bond motifs is 1. The summed E-state index contributed by atoms with van der Waals surface area (Å²) in [5.74, 6) is -0.851. The summed E-state index contributed by atoms with van der Waals surface area (Å²) >= 11 is 1.00. The van der Waals surface area contributed by atoms with Crippen molar-refractivity contribution in [3.8, 4) is 11.3 Å². The second-order valence-electron chi connectivity index (χ2n) is 3.50. The van der Waals surface area contributed by atoms with Gasteiger partial charge in [-0.05, 0) is 18.2 Å². The van der Waals surface area contributed by atoms with Crippen LogP contribution in [0.25, 0.3) is 21.6 Å². The number of benzene rings is 1. The molecule has 0 bridgehead atoms. The van der Waals surface area contributed by atoms with E-state index in [1.54, 1.807) is 18.2 Å². The van der Waals surface area contributed by atoms with Crippen molar-refractivity contribution in [2.24, 2.45) is 0 Å². The van der Waals surface area contributed by atoms with Crippen LogP contribution in [0.3, 0.4) is 0 Å². The Hall–Kier alpha value is -2.41. The van der Waals surface area contributed by atoms with Crippen LogP contribution in [-0.4, -0.2) is 16.2 Å². The normalized spacial score (nSPS) is 10.9. The number of rotatable bonds is 2. The van der Waals surface area contributed by atoms with Crippen molar-refractivity contribution < 1.29 is 18.8 Å². The van der Waals surface area contributed by atoms with E-state index in [2.05, 4.69) is 5.16 Å². The van der Waals surface area contributed by atoms with Crippen molar-refractivity contribution in [1.82, 2.24) is 5.16 Å². The maximum atomic E-state index is 11.1. The molecule has 3 rings (SSSR count). The molecule has 0 atom stereocenters. The third kappa shape index (κ3) is 1.70. The molecular formula is C11H5NO5S. The highest BCUT2D eigenvalue weighted by Gasteiger charge is 2.13. The van der Waals surface area contributed by atoms with Crippen LogP contribution >= 0.6 is 11.3 Å². The lowest BCUT2D eigenvalue weighted by Gasteiger charge is -1.93. The summed E-state index contributed by atoms with van der Waals surface area (Å²) in [4.78, 5) is 21.4. The number of aromatic carboxylic acids is 1. The van der Waals surface area contributed by atoms with Gasteiger partial charge in [0, 0.05) is 11.6 Å². The molecule has 7 heteroatoms. The lowest BCUT2D eigenvalue weighted by Crippen LogP contribution is -1.94. The van der Waals surface area contributed by atoms with Crippen molar-refractivity contribution in [2.45, 2.75) is 0 Å². The summed E-state index contributed by atoms with van der Waals surface area (Å²) in [7, 11) is 0. The van der Waals surface area contributed by atoms with Crippen LogP contribution in [0.1, 0.15) is 10.5 Å². The fourth-order valence-electron chi connectivity index (χ4n) is 1.54. The van der Waals surface area contributed by atoms with Crippen molar-refractivity contribution in [1.29, 1.82) is 0 Å². The largest absolute Gasteiger partial charge is 0.476 e. The number of carbonyl (C=O) groups is 1. The SMILES string of the molecule is O=C(O)c1cc(-c2ccc3sc(=O)oc3c2)on1. The molecule has 0 aliphatic rings. The second-order valence-corrected chi connectivity index (χ2v) is 4.47. The van der Waals surface area contributed by atoms with Crippen LogP contribution in [0, 0.1) is 0 Å². The average molecular weight is 263 g/mol. The first-order valence-corrected chi connectivity index (χ1v) is 5.69. The van der Waals surface area contributed by atoms with Crippen molar-refractivity contribution in [2.75, 3.05) is 0 Å². The van der Waals surface area contributed by atoms with Gasteiger partial charge in [0.15, 0.2) is 11.5 Å². The van der Waals surface area contributed by atoms with Gasteiger partial charge in [0.2, 0.25) is 0 Å². The number of carboxylic acids is 1. The Bertz CT molecular complexity index is 797. The van der Waals surface area contributed by atoms with Crippen LogP contribution in [0.4, 0.5) is 0 Å². The Morgan fingerprint density at radius 1 is 1.33 bits per heavy atom. The van der Waals surface area contributed by atoms with E-state index < -0.39 is 5.97 Å². The van der Waals surface area contributed by atoms with Gasteiger partial charge in [-0.2, -0.15) is 0 Å². The maximum absolute atomic E-state index is 11.1. The molecule has 1 N–H and O–H groups in total. The van der Waals surface area contributed by atoms with Crippen LogP contribution in [-0.2, 0) is 0 Å². The Kier molecular flexibility index (Phi) is 2.27. The molecule has 2 aromatic heterocycles. The maximum Gasteiger partial charge on any atom is 0.396 e. The van der Waals surface area contributed by atoms with Gasteiger partial charge in [-0.1, -0.05) is 16.5 Å². The number of hydrogen-bond acceptors (Lipinski definition) is 6. The minimum absolute atomic E-state index is 0.170. The molecule has 2 heterocycles. The fourth-order valence-corrected chi connectivity index (χ4v) is 2.19. The van der Waals surface area contributed by atoms with E-state index in [0.717, 1.165) is 16.0 Å². The number of aromatic nitrogens is 1. The monoisotopic (exact) mass is 263 g/mol. The zero-order valence-electron chi connectivity index (χ0n) is 8.75. The Morgan fingerprint density at radius 2 is 2.17 bits per heavy atom. The molecule has 0 saturated heterocycles. The van der Waals surface area contributed by atoms with Gasteiger partial charge in [-0.15, -0.1) is 0 Å². The van der Waals surface area contributed by atoms with E-state index in [1.165, 1.54) is 6.07 Å². The van der Waals surface area contributed by atoms with Gasteiger partial charge in [0.05, 0.1) is 4.70 Å². The summed E-state index contributed by atoms with van der Waals surface area (Å²) in [5.41, 5.74) is 0.872. The highest BCUT2D eigenvalue weighted by atomic mass is 32.1. The van der Waals surface area contributed by atoms with E-state index in [1.807, 2.05) is 0 Å². The summed E-state index contributed by atoms with van der Waals surface area (Å²) in [5, 5.41) is 12.2. The molecule has 0 spiro atoms. The zero-order chi connectivity index (χ0) is 12.7. The average Bonchev–Trinajstić information content (AvgIpc) is 2.91. The molecule has 3 aromatic rings.